The zero-order valence-electron chi connectivity index (χ0n) is 11.2. The van der Waals surface area contributed by atoms with Gasteiger partial charge in [-0.25, -0.2) is 4.68 Å². The van der Waals surface area contributed by atoms with E-state index >= 15 is 0 Å². The first-order valence-corrected chi connectivity index (χ1v) is 7.84. The number of hydrogen-bond acceptors (Lipinski definition) is 5. The second kappa shape index (κ2) is 5.79. The molecule has 6 heteroatoms. The number of likely N-dealkylation sites (tertiary alicyclic amines) is 1. The maximum atomic E-state index is 4.18. The van der Waals surface area contributed by atoms with Crippen LogP contribution in [0.4, 0.5) is 0 Å². The van der Waals surface area contributed by atoms with Gasteiger partial charge in [-0.05, 0) is 58.6 Å². The number of hydrogen-bond donors (Lipinski definition) is 0. The molecule has 1 atom stereocenters. The van der Waals surface area contributed by atoms with E-state index in [1.54, 1.807) is 11.3 Å². The highest BCUT2D eigenvalue weighted by molar-refractivity contribution is 7.07. The Hall–Kier alpha value is -1.27. The van der Waals surface area contributed by atoms with Crippen LogP contribution in [-0.4, -0.2) is 31.7 Å². The molecule has 0 spiro atoms. The van der Waals surface area contributed by atoms with Crippen LogP contribution in [0.15, 0.2) is 16.8 Å². The molecule has 3 rings (SSSR count). The summed E-state index contributed by atoms with van der Waals surface area (Å²) in [4.78, 5) is 2.50. The van der Waals surface area contributed by atoms with Crippen LogP contribution < -0.4 is 0 Å². The molecule has 2 aromatic heterocycles. The Morgan fingerprint density at radius 2 is 2.42 bits per heavy atom. The SMILES string of the molecule is CCCn1nnnc1CN1CCC[C@@H]1c1ccsc1. The largest absolute Gasteiger partial charge is 0.289 e. The predicted octanol–water partition coefficient (Wildman–Crippen LogP) is 2.48. The molecule has 0 N–H and O–H groups in total. The van der Waals surface area contributed by atoms with E-state index in [4.69, 9.17) is 0 Å². The molecule has 1 aliphatic rings. The number of nitrogens with zero attached hydrogens (tertiary/aromatic N) is 5. The summed E-state index contributed by atoms with van der Waals surface area (Å²) in [5.41, 5.74) is 1.44. The standard InChI is InChI=1S/C13H19N5S/c1-2-6-18-13(14-15-16-18)9-17-7-3-4-12(17)11-5-8-19-10-11/h5,8,10,12H,2-4,6-7,9H2,1H3/t12-/m1/s1. The molecule has 19 heavy (non-hydrogen) atoms. The van der Waals surface area contributed by atoms with Gasteiger partial charge in [-0.3, -0.25) is 4.90 Å². The van der Waals surface area contributed by atoms with Gasteiger partial charge in [-0.1, -0.05) is 6.92 Å². The van der Waals surface area contributed by atoms with Crippen LogP contribution in [0, 0.1) is 0 Å². The Morgan fingerprint density at radius 1 is 1.47 bits per heavy atom. The normalized spacial score (nSPS) is 20.2. The van der Waals surface area contributed by atoms with Crippen LogP contribution in [0.25, 0.3) is 0 Å². The first-order chi connectivity index (χ1) is 9.38. The Balaban J connectivity index is 1.73. The number of rotatable bonds is 5. The van der Waals surface area contributed by atoms with Crippen LogP contribution in [-0.2, 0) is 13.1 Å². The molecule has 0 saturated carbocycles. The van der Waals surface area contributed by atoms with E-state index in [0.717, 1.165) is 31.9 Å². The summed E-state index contributed by atoms with van der Waals surface area (Å²) < 4.78 is 1.93. The van der Waals surface area contributed by atoms with Crippen molar-refractivity contribution in [3.05, 3.63) is 28.2 Å². The molecule has 102 valence electrons. The number of tetrazole rings is 1. The van der Waals surface area contributed by atoms with Gasteiger partial charge in [0, 0.05) is 12.6 Å². The molecular formula is C13H19N5S. The molecule has 3 heterocycles. The fraction of sp³-hybridized carbons (Fsp3) is 0.615. The molecule has 5 nitrogen and oxygen atoms in total. The number of aryl methyl sites for hydroxylation is 1. The van der Waals surface area contributed by atoms with Gasteiger partial charge < -0.3 is 0 Å². The lowest BCUT2D eigenvalue weighted by Crippen LogP contribution is -2.24. The lowest BCUT2D eigenvalue weighted by Gasteiger charge is -2.23. The molecule has 1 fully saturated rings. The van der Waals surface area contributed by atoms with Crippen molar-refractivity contribution < 1.29 is 0 Å². The summed E-state index contributed by atoms with van der Waals surface area (Å²) in [5.74, 6) is 0.990. The molecule has 0 amide bonds. The summed E-state index contributed by atoms with van der Waals surface area (Å²) in [7, 11) is 0. The predicted molar refractivity (Wildman–Crippen MR) is 74.8 cm³/mol. The third-order valence-corrected chi connectivity index (χ3v) is 4.38. The summed E-state index contributed by atoms with van der Waals surface area (Å²) in [6.07, 6.45) is 3.56. The first kappa shape index (κ1) is 12.7. The molecule has 2 aromatic rings. The first-order valence-electron chi connectivity index (χ1n) is 6.89. The van der Waals surface area contributed by atoms with Crippen molar-refractivity contribution in [1.82, 2.24) is 25.1 Å². The maximum absolute atomic E-state index is 4.18. The summed E-state index contributed by atoms with van der Waals surface area (Å²) in [5, 5.41) is 16.5. The average molecular weight is 277 g/mol. The monoisotopic (exact) mass is 277 g/mol. The van der Waals surface area contributed by atoms with Crippen molar-refractivity contribution in [3.63, 3.8) is 0 Å². The lowest BCUT2D eigenvalue weighted by molar-refractivity contribution is 0.237. The van der Waals surface area contributed by atoms with E-state index in [9.17, 15) is 0 Å². The van der Waals surface area contributed by atoms with Gasteiger partial charge in [0.15, 0.2) is 5.82 Å². The second-order valence-electron chi connectivity index (χ2n) is 5.00. The maximum Gasteiger partial charge on any atom is 0.165 e. The van der Waals surface area contributed by atoms with Gasteiger partial charge in [-0.2, -0.15) is 11.3 Å². The van der Waals surface area contributed by atoms with Gasteiger partial charge in [0.2, 0.25) is 0 Å². The Kier molecular flexibility index (Phi) is 3.89. The quantitative estimate of drug-likeness (QED) is 0.842. The fourth-order valence-corrected chi connectivity index (χ4v) is 3.47. The summed E-state index contributed by atoms with van der Waals surface area (Å²) in [6, 6.07) is 2.78. The molecule has 0 aromatic carbocycles. The van der Waals surface area contributed by atoms with E-state index < -0.39 is 0 Å². The van der Waals surface area contributed by atoms with E-state index in [-0.39, 0.29) is 0 Å². The smallest absolute Gasteiger partial charge is 0.165 e. The van der Waals surface area contributed by atoms with Crippen LogP contribution in [0.2, 0.25) is 0 Å². The Bertz CT molecular complexity index is 507. The second-order valence-corrected chi connectivity index (χ2v) is 5.78. The van der Waals surface area contributed by atoms with E-state index in [1.807, 2.05) is 4.68 Å². The number of aromatic nitrogens is 4. The van der Waals surface area contributed by atoms with Gasteiger partial charge in [0.25, 0.3) is 0 Å². The van der Waals surface area contributed by atoms with Crippen molar-refractivity contribution in [1.29, 1.82) is 0 Å². The summed E-state index contributed by atoms with van der Waals surface area (Å²) in [6.45, 7) is 5.04. The van der Waals surface area contributed by atoms with Crippen molar-refractivity contribution in [2.24, 2.45) is 0 Å². The van der Waals surface area contributed by atoms with Crippen LogP contribution in [0.1, 0.15) is 43.6 Å². The van der Waals surface area contributed by atoms with Crippen molar-refractivity contribution in [2.75, 3.05) is 6.54 Å². The molecule has 0 radical (unpaired) electrons. The van der Waals surface area contributed by atoms with Crippen LogP contribution in [0.5, 0.6) is 0 Å². The van der Waals surface area contributed by atoms with Crippen molar-refractivity contribution in [3.8, 4) is 0 Å². The highest BCUT2D eigenvalue weighted by atomic mass is 32.1. The van der Waals surface area contributed by atoms with Gasteiger partial charge in [0.05, 0.1) is 6.54 Å². The highest BCUT2D eigenvalue weighted by Crippen LogP contribution is 2.33. The van der Waals surface area contributed by atoms with Gasteiger partial charge >= 0.3 is 0 Å². The number of thiophene rings is 1. The Morgan fingerprint density at radius 3 is 3.21 bits per heavy atom. The van der Waals surface area contributed by atoms with Crippen molar-refractivity contribution >= 4 is 11.3 Å². The van der Waals surface area contributed by atoms with Crippen LogP contribution >= 0.6 is 11.3 Å². The third-order valence-electron chi connectivity index (χ3n) is 3.68. The lowest BCUT2D eigenvalue weighted by atomic mass is 10.1. The molecular weight excluding hydrogens is 258 g/mol. The van der Waals surface area contributed by atoms with Crippen LogP contribution in [0.3, 0.4) is 0 Å². The zero-order valence-corrected chi connectivity index (χ0v) is 12.0. The fourth-order valence-electron chi connectivity index (χ4n) is 2.76. The summed E-state index contributed by atoms with van der Waals surface area (Å²) >= 11 is 1.78. The highest BCUT2D eigenvalue weighted by Gasteiger charge is 2.27. The molecule has 0 bridgehead atoms. The molecule has 0 unspecified atom stereocenters. The van der Waals surface area contributed by atoms with Crippen molar-refractivity contribution in [2.45, 2.75) is 45.3 Å². The minimum atomic E-state index is 0.540. The average Bonchev–Trinajstić information content (AvgIpc) is 3.12. The zero-order chi connectivity index (χ0) is 13.1. The molecule has 1 aliphatic heterocycles. The van der Waals surface area contributed by atoms with Gasteiger partial charge in [0.1, 0.15) is 0 Å². The van der Waals surface area contributed by atoms with E-state index in [1.165, 1.54) is 18.4 Å². The van der Waals surface area contributed by atoms with E-state index in [0.29, 0.717) is 6.04 Å². The van der Waals surface area contributed by atoms with E-state index in [2.05, 4.69) is 44.2 Å². The molecule has 1 saturated heterocycles. The topological polar surface area (TPSA) is 46.8 Å². The molecule has 0 aliphatic carbocycles. The minimum Gasteiger partial charge on any atom is -0.289 e. The Labute approximate surface area is 117 Å². The minimum absolute atomic E-state index is 0.540. The third kappa shape index (κ3) is 2.69. The van der Waals surface area contributed by atoms with Gasteiger partial charge in [-0.15, -0.1) is 5.10 Å².